The summed E-state index contributed by atoms with van der Waals surface area (Å²) >= 11 is 0. The Bertz CT molecular complexity index is 800. The van der Waals surface area contributed by atoms with Crippen LogP contribution in [0.15, 0.2) is 18.5 Å². The van der Waals surface area contributed by atoms with Crippen LogP contribution in [0.4, 0.5) is 5.82 Å². The maximum absolute atomic E-state index is 12.9. The third-order valence-corrected chi connectivity index (χ3v) is 5.54. The maximum Gasteiger partial charge on any atom is 0.257 e. The lowest BCUT2D eigenvalue weighted by Crippen LogP contribution is -2.53. The molecule has 2 aromatic heterocycles. The van der Waals surface area contributed by atoms with Gasteiger partial charge in [-0.15, -0.1) is 0 Å². The number of hydrogen-bond donors (Lipinski definition) is 1. The van der Waals surface area contributed by atoms with Crippen LogP contribution in [0.1, 0.15) is 34.7 Å². The number of nitrogens with zero attached hydrogens (tertiary/aromatic N) is 5. The molecule has 1 N–H and O–H groups in total. The number of hydrogen-bond acceptors (Lipinski definition) is 5. The van der Waals surface area contributed by atoms with Crippen LogP contribution < -0.4 is 5.32 Å². The van der Waals surface area contributed by atoms with Crippen molar-refractivity contribution in [3.05, 3.63) is 35.5 Å². The van der Waals surface area contributed by atoms with Gasteiger partial charge in [-0.2, -0.15) is 5.10 Å². The molecule has 0 radical (unpaired) electrons. The van der Waals surface area contributed by atoms with Crippen LogP contribution in [0.25, 0.3) is 0 Å². The van der Waals surface area contributed by atoms with Crippen LogP contribution in [0.2, 0.25) is 0 Å². The van der Waals surface area contributed by atoms with Crippen molar-refractivity contribution >= 4 is 11.7 Å². The van der Waals surface area contributed by atoms with E-state index in [1.54, 1.807) is 17.1 Å². The van der Waals surface area contributed by atoms with Crippen molar-refractivity contribution in [2.24, 2.45) is 13.0 Å². The molecule has 7 nitrogen and oxygen atoms in total. The second kappa shape index (κ2) is 5.29. The number of rotatable bonds is 3. The zero-order chi connectivity index (χ0) is 16.9. The predicted octanol–water partition coefficient (Wildman–Crippen LogP) is 1.54. The molecule has 1 aliphatic heterocycles. The normalized spacial score (nSPS) is 25.3. The van der Waals surface area contributed by atoms with E-state index in [0.29, 0.717) is 18.0 Å². The highest BCUT2D eigenvalue weighted by atomic mass is 16.2. The molecular weight excluding hydrogens is 304 g/mol. The van der Waals surface area contributed by atoms with Gasteiger partial charge in [0, 0.05) is 37.9 Å². The van der Waals surface area contributed by atoms with Gasteiger partial charge in [0.25, 0.3) is 5.91 Å². The first-order valence-corrected chi connectivity index (χ1v) is 8.34. The first kappa shape index (κ1) is 15.1. The number of fused-ring (bicyclic) bond motifs is 1. The number of likely N-dealkylation sites (tertiary alicyclic amines) is 1. The van der Waals surface area contributed by atoms with Crippen molar-refractivity contribution < 1.29 is 4.79 Å². The highest BCUT2D eigenvalue weighted by molar-refractivity contribution is 5.95. The van der Waals surface area contributed by atoms with Crippen LogP contribution in [0.3, 0.4) is 0 Å². The molecule has 2 aliphatic rings. The van der Waals surface area contributed by atoms with Gasteiger partial charge in [-0.25, -0.2) is 9.97 Å². The average Bonchev–Trinajstić information content (AvgIpc) is 2.99. The molecule has 1 saturated carbocycles. The van der Waals surface area contributed by atoms with Gasteiger partial charge in [0.15, 0.2) is 0 Å². The standard InChI is InChI=1S/C17H22N6O/c1-11-14(8-19-22(11)3)16(24)23-9-13-4-6-17(13,10-23)21-15-5-7-18-12(2)20-15/h5,7-8,13H,4,6,9-10H2,1-3H3,(H,18,20,21). The van der Waals surface area contributed by atoms with E-state index in [2.05, 4.69) is 20.4 Å². The zero-order valence-electron chi connectivity index (χ0n) is 14.3. The van der Waals surface area contributed by atoms with Crippen LogP contribution in [0, 0.1) is 19.8 Å². The summed E-state index contributed by atoms with van der Waals surface area (Å²) in [5, 5.41) is 7.78. The third-order valence-electron chi connectivity index (χ3n) is 5.54. The maximum atomic E-state index is 12.9. The number of amides is 1. The molecule has 2 aromatic rings. The summed E-state index contributed by atoms with van der Waals surface area (Å²) in [5.74, 6) is 2.16. The molecule has 2 atom stereocenters. The number of carbonyl (C=O) groups excluding carboxylic acids is 1. The van der Waals surface area contributed by atoms with Gasteiger partial charge in [-0.1, -0.05) is 0 Å². The fourth-order valence-corrected chi connectivity index (χ4v) is 3.86. The molecule has 3 heterocycles. The summed E-state index contributed by atoms with van der Waals surface area (Å²) in [7, 11) is 1.86. The fourth-order valence-electron chi connectivity index (χ4n) is 3.86. The van der Waals surface area contributed by atoms with Crippen LogP contribution in [-0.2, 0) is 7.05 Å². The lowest BCUT2D eigenvalue weighted by atomic mass is 9.69. The monoisotopic (exact) mass is 326 g/mol. The van der Waals surface area contributed by atoms with Crippen LogP contribution in [-0.4, -0.2) is 49.2 Å². The number of anilines is 1. The van der Waals surface area contributed by atoms with Gasteiger partial charge < -0.3 is 10.2 Å². The van der Waals surface area contributed by atoms with Gasteiger partial charge in [-0.3, -0.25) is 9.48 Å². The molecule has 1 aliphatic carbocycles. The Morgan fingerprint density at radius 3 is 2.88 bits per heavy atom. The van der Waals surface area contributed by atoms with Crippen molar-refractivity contribution in [1.29, 1.82) is 0 Å². The van der Waals surface area contributed by atoms with Gasteiger partial charge in [0.05, 0.1) is 17.3 Å². The summed E-state index contributed by atoms with van der Waals surface area (Å²) < 4.78 is 1.75. The highest BCUT2D eigenvalue weighted by Crippen LogP contribution is 2.46. The summed E-state index contributed by atoms with van der Waals surface area (Å²) in [5.41, 5.74) is 1.56. The molecule has 7 heteroatoms. The third kappa shape index (κ3) is 2.26. The predicted molar refractivity (Wildman–Crippen MR) is 89.7 cm³/mol. The molecule has 126 valence electrons. The molecule has 2 unspecified atom stereocenters. The van der Waals surface area contributed by atoms with E-state index in [1.165, 1.54) is 0 Å². The Labute approximate surface area is 141 Å². The molecular formula is C17H22N6O. The largest absolute Gasteiger partial charge is 0.362 e. The van der Waals surface area contributed by atoms with E-state index in [9.17, 15) is 4.79 Å². The highest BCUT2D eigenvalue weighted by Gasteiger charge is 2.54. The van der Waals surface area contributed by atoms with Crippen molar-refractivity contribution in [2.45, 2.75) is 32.2 Å². The quantitative estimate of drug-likeness (QED) is 0.926. The smallest absolute Gasteiger partial charge is 0.257 e. The summed E-state index contributed by atoms with van der Waals surface area (Å²) in [4.78, 5) is 23.4. The van der Waals surface area contributed by atoms with Crippen molar-refractivity contribution in [3.63, 3.8) is 0 Å². The van der Waals surface area contributed by atoms with E-state index in [1.807, 2.05) is 31.9 Å². The second-order valence-corrected chi connectivity index (χ2v) is 6.96. The van der Waals surface area contributed by atoms with Crippen molar-refractivity contribution in [1.82, 2.24) is 24.6 Å². The Hall–Kier alpha value is -2.44. The molecule has 0 aromatic carbocycles. The van der Waals surface area contributed by atoms with E-state index in [0.717, 1.165) is 36.7 Å². The fraction of sp³-hybridized carbons (Fsp3) is 0.529. The van der Waals surface area contributed by atoms with E-state index < -0.39 is 0 Å². The minimum absolute atomic E-state index is 0.0490. The molecule has 2 fully saturated rings. The molecule has 0 spiro atoms. The molecule has 4 rings (SSSR count). The molecule has 0 bridgehead atoms. The van der Waals surface area contributed by atoms with E-state index >= 15 is 0 Å². The molecule has 1 saturated heterocycles. The first-order chi connectivity index (χ1) is 11.5. The molecule has 24 heavy (non-hydrogen) atoms. The number of nitrogens with one attached hydrogen (secondary N) is 1. The topological polar surface area (TPSA) is 75.9 Å². The zero-order valence-corrected chi connectivity index (χ0v) is 14.3. The summed E-state index contributed by atoms with van der Waals surface area (Å²) in [6, 6.07) is 1.90. The van der Waals surface area contributed by atoms with Gasteiger partial charge in [0.1, 0.15) is 11.6 Å². The first-order valence-electron chi connectivity index (χ1n) is 8.34. The van der Waals surface area contributed by atoms with Gasteiger partial charge in [0.2, 0.25) is 0 Å². The number of aromatic nitrogens is 4. The van der Waals surface area contributed by atoms with E-state index in [-0.39, 0.29) is 11.4 Å². The van der Waals surface area contributed by atoms with Gasteiger partial charge >= 0.3 is 0 Å². The van der Waals surface area contributed by atoms with Gasteiger partial charge in [-0.05, 0) is 32.8 Å². The van der Waals surface area contributed by atoms with Crippen molar-refractivity contribution in [2.75, 3.05) is 18.4 Å². The van der Waals surface area contributed by atoms with Crippen LogP contribution >= 0.6 is 0 Å². The Balaban J connectivity index is 1.54. The lowest BCUT2D eigenvalue weighted by molar-refractivity contribution is 0.0785. The summed E-state index contributed by atoms with van der Waals surface area (Å²) in [6.45, 7) is 5.33. The second-order valence-electron chi connectivity index (χ2n) is 6.96. The minimum atomic E-state index is -0.0490. The Kier molecular flexibility index (Phi) is 3.33. The Morgan fingerprint density at radius 2 is 2.25 bits per heavy atom. The lowest BCUT2D eigenvalue weighted by Gasteiger charge is -2.44. The number of carbonyl (C=O) groups is 1. The minimum Gasteiger partial charge on any atom is -0.362 e. The van der Waals surface area contributed by atoms with Crippen molar-refractivity contribution in [3.8, 4) is 0 Å². The molecule has 1 amide bonds. The number of aryl methyl sites for hydroxylation is 2. The Morgan fingerprint density at radius 1 is 1.42 bits per heavy atom. The average molecular weight is 326 g/mol. The van der Waals surface area contributed by atoms with E-state index in [4.69, 9.17) is 0 Å². The summed E-state index contributed by atoms with van der Waals surface area (Å²) in [6.07, 6.45) is 5.65. The van der Waals surface area contributed by atoms with Crippen LogP contribution in [0.5, 0.6) is 0 Å². The SMILES string of the molecule is Cc1nccc(NC23CCC2CN(C(=O)c2cnn(C)c2C)C3)n1.